The Hall–Kier alpha value is -2.97. The molecule has 0 aliphatic rings. The number of carbonyl (C=O) groups excluding carboxylic acids is 1. The van der Waals surface area contributed by atoms with E-state index >= 15 is 0 Å². The van der Waals surface area contributed by atoms with Crippen molar-refractivity contribution in [2.75, 3.05) is 11.1 Å². The molecule has 0 aliphatic carbocycles. The average Bonchev–Trinajstić information content (AvgIpc) is 2.70. The fourth-order valence-corrected chi connectivity index (χ4v) is 1.66. The molecular formula is C11H12N6O3. The fourth-order valence-electron chi connectivity index (χ4n) is 1.66. The number of pyridine rings is 1. The number of nitrogen functional groups attached to an aromatic ring is 1. The Morgan fingerprint density at radius 2 is 2.20 bits per heavy atom. The molecule has 104 valence electrons. The summed E-state index contributed by atoms with van der Waals surface area (Å²) in [7, 11) is 0. The highest BCUT2D eigenvalue weighted by atomic mass is 16.6. The van der Waals surface area contributed by atoms with Gasteiger partial charge in [0, 0.05) is 6.07 Å². The number of nitrogens with one attached hydrogen (secondary N) is 2. The van der Waals surface area contributed by atoms with Crippen molar-refractivity contribution in [2.45, 2.75) is 13.8 Å². The first-order valence-corrected chi connectivity index (χ1v) is 5.63. The normalized spacial score (nSPS) is 10.3. The minimum atomic E-state index is -0.641. The number of anilines is 2. The lowest BCUT2D eigenvalue weighted by molar-refractivity contribution is -0.385. The summed E-state index contributed by atoms with van der Waals surface area (Å²) in [6.07, 6.45) is 1.00. The fraction of sp³-hybridized carbons (Fsp3) is 0.182. The molecule has 2 rings (SSSR count). The van der Waals surface area contributed by atoms with Crippen LogP contribution < -0.4 is 11.1 Å². The van der Waals surface area contributed by atoms with Crippen LogP contribution >= 0.6 is 0 Å². The van der Waals surface area contributed by atoms with Crippen LogP contribution in [0.2, 0.25) is 0 Å². The second-order valence-corrected chi connectivity index (χ2v) is 4.15. The summed E-state index contributed by atoms with van der Waals surface area (Å²) in [5.74, 6) is -0.654. The van der Waals surface area contributed by atoms with Crippen LogP contribution in [0.15, 0.2) is 12.3 Å². The number of nitro groups is 1. The van der Waals surface area contributed by atoms with Gasteiger partial charge in [0.1, 0.15) is 12.0 Å². The van der Waals surface area contributed by atoms with Crippen molar-refractivity contribution >= 4 is 23.1 Å². The maximum atomic E-state index is 12.1. The predicted octanol–water partition coefficient (Wildman–Crippen LogP) is 1.16. The van der Waals surface area contributed by atoms with Crippen molar-refractivity contribution < 1.29 is 9.72 Å². The summed E-state index contributed by atoms with van der Waals surface area (Å²) >= 11 is 0. The minimum absolute atomic E-state index is 0.0563. The van der Waals surface area contributed by atoms with Gasteiger partial charge < -0.3 is 11.1 Å². The zero-order chi connectivity index (χ0) is 14.9. The lowest BCUT2D eigenvalue weighted by Gasteiger charge is -2.06. The molecule has 0 radical (unpaired) electrons. The van der Waals surface area contributed by atoms with Gasteiger partial charge in [-0.3, -0.25) is 20.0 Å². The molecule has 0 saturated carbocycles. The van der Waals surface area contributed by atoms with E-state index in [1.165, 1.54) is 0 Å². The van der Waals surface area contributed by atoms with E-state index in [9.17, 15) is 14.9 Å². The van der Waals surface area contributed by atoms with Crippen molar-refractivity contribution in [1.29, 1.82) is 0 Å². The number of aromatic amines is 1. The first-order valence-electron chi connectivity index (χ1n) is 5.63. The molecule has 4 N–H and O–H groups in total. The Morgan fingerprint density at radius 1 is 1.50 bits per heavy atom. The molecule has 0 fully saturated rings. The number of rotatable bonds is 3. The molecule has 0 bridgehead atoms. The van der Waals surface area contributed by atoms with E-state index in [4.69, 9.17) is 5.73 Å². The van der Waals surface area contributed by atoms with Crippen LogP contribution in [-0.2, 0) is 0 Å². The lowest BCUT2D eigenvalue weighted by atomic mass is 10.2. The molecule has 2 aromatic rings. The van der Waals surface area contributed by atoms with E-state index in [1.807, 2.05) is 0 Å². The summed E-state index contributed by atoms with van der Waals surface area (Å²) < 4.78 is 0. The van der Waals surface area contributed by atoms with Crippen LogP contribution in [0, 0.1) is 24.0 Å². The van der Waals surface area contributed by atoms with Gasteiger partial charge in [0.2, 0.25) is 0 Å². The van der Waals surface area contributed by atoms with Gasteiger partial charge in [0.15, 0.2) is 0 Å². The van der Waals surface area contributed by atoms with Crippen LogP contribution in [0.5, 0.6) is 0 Å². The molecule has 0 aliphatic heterocycles. The van der Waals surface area contributed by atoms with Crippen molar-refractivity contribution in [3.05, 3.63) is 39.3 Å². The Morgan fingerprint density at radius 3 is 2.75 bits per heavy atom. The summed E-state index contributed by atoms with van der Waals surface area (Å²) in [4.78, 5) is 25.8. The van der Waals surface area contributed by atoms with Crippen LogP contribution in [0.3, 0.4) is 0 Å². The summed E-state index contributed by atoms with van der Waals surface area (Å²) in [5, 5.41) is 20.0. The smallest absolute Gasteiger partial charge is 0.288 e. The highest BCUT2D eigenvalue weighted by Crippen LogP contribution is 2.21. The van der Waals surface area contributed by atoms with Crippen molar-refractivity contribution in [2.24, 2.45) is 0 Å². The second-order valence-electron chi connectivity index (χ2n) is 4.15. The van der Waals surface area contributed by atoms with Crippen LogP contribution in [0.4, 0.5) is 17.2 Å². The zero-order valence-corrected chi connectivity index (χ0v) is 10.8. The zero-order valence-electron chi connectivity index (χ0n) is 10.8. The molecule has 20 heavy (non-hydrogen) atoms. The van der Waals surface area contributed by atoms with Crippen molar-refractivity contribution in [1.82, 2.24) is 15.2 Å². The number of aromatic nitrogens is 3. The van der Waals surface area contributed by atoms with Gasteiger partial charge >= 0.3 is 0 Å². The number of hydrogen-bond acceptors (Lipinski definition) is 6. The second kappa shape index (κ2) is 4.96. The molecule has 0 aromatic carbocycles. The van der Waals surface area contributed by atoms with Gasteiger partial charge in [-0.05, 0) is 13.8 Å². The van der Waals surface area contributed by atoms with E-state index in [0.29, 0.717) is 17.1 Å². The number of hydrogen-bond donors (Lipinski definition) is 3. The van der Waals surface area contributed by atoms with E-state index in [2.05, 4.69) is 20.5 Å². The summed E-state index contributed by atoms with van der Waals surface area (Å²) in [5.41, 5.74) is 7.01. The quantitative estimate of drug-likeness (QED) is 0.567. The topological polar surface area (TPSA) is 140 Å². The highest BCUT2D eigenvalue weighted by molar-refractivity contribution is 6.08. The Kier molecular flexibility index (Phi) is 3.34. The van der Waals surface area contributed by atoms with Crippen molar-refractivity contribution in [3.8, 4) is 0 Å². The first-order chi connectivity index (χ1) is 9.40. The molecule has 2 aromatic heterocycles. The Balaban J connectivity index is 2.34. The van der Waals surface area contributed by atoms with Gasteiger partial charge in [-0.1, -0.05) is 0 Å². The van der Waals surface area contributed by atoms with E-state index < -0.39 is 10.8 Å². The third kappa shape index (κ3) is 2.41. The Labute approximate surface area is 113 Å². The molecule has 0 spiro atoms. The number of carbonyl (C=O) groups is 1. The van der Waals surface area contributed by atoms with Gasteiger partial charge in [-0.2, -0.15) is 5.10 Å². The van der Waals surface area contributed by atoms with Crippen LogP contribution in [0.25, 0.3) is 0 Å². The third-order valence-corrected chi connectivity index (χ3v) is 2.73. The molecule has 1 amide bonds. The molecular weight excluding hydrogens is 264 g/mol. The molecule has 0 unspecified atom stereocenters. The number of nitrogens with two attached hydrogens (primary N) is 1. The lowest BCUT2D eigenvalue weighted by Crippen LogP contribution is -2.16. The third-order valence-electron chi connectivity index (χ3n) is 2.73. The van der Waals surface area contributed by atoms with Gasteiger partial charge in [0.25, 0.3) is 11.6 Å². The summed E-state index contributed by atoms with van der Waals surface area (Å²) in [6.45, 7) is 3.46. The number of nitrogens with zero attached hydrogens (tertiary/aromatic N) is 3. The monoisotopic (exact) mass is 276 g/mol. The minimum Gasteiger partial charge on any atom is -0.383 e. The molecule has 0 atom stereocenters. The molecule has 9 nitrogen and oxygen atoms in total. The number of amides is 1. The molecule has 9 heteroatoms. The largest absolute Gasteiger partial charge is 0.383 e. The maximum Gasteiger partial charge on any atom is 0.288 e. The number of aryl methyl sites for hydroxylation is 2. The molecule has 0 saturated heterocycles. The van der Waals surface area contributed by atoms with Gasteiger partial charge in [-0.15, -0.1) is 0 Å². The van der Waals surface area contributed by atoms with Gasteiger partial charge in [-0.25, -0.2) is 4.98 Å². The van der Waals surface area contributed by atoms with E-state index in [1.54, 1.807) is 13.8 Å². The van der Waals surface area contributed by atoms with Gasteiger partial charge in [0.05, 0.1) is 27.6 Å². The maximum absolute atomic E-state index is 12.1. The predicted molar refractivity (Wildman–Crippen MR) is 71.3 cm³/mol. The highest BCUT2D eigenvalue weighted by Gasteiger charge is 2.18. The Bertz CT molecular complexity index is 674. The average molecular weight is 276 g/mol. The molecule has 2 heterocycles. The first kappa shape index (κ1) is 13.5. The van der Waals surface area contributed by atoms with Crippen LogP contribution in [0.1, 0.15) is 21.7 Å². The number of H-pyrrole nitrogens is 1. The van der Waals surface area contributed by atoms with E-state index in [-0.39, 0.29) is 17.1 Å². The van der Waals surface area contributed by atoms with E-state index in [0.717, 1.165) is 12.3 Å². The van der Waals surface area contributed by atoms with Crippen LogP contribution in [-0.4, -0.2) is 26.0 Å². The standard InChI is InChI=1S/C11H12N6O3/c1-5-9(6(2)16-15-5)14-11(18)8-3-7(17(19)20)4-13-10(8)12/h3-4H,1-2H3,(H2,12,13)(H,14,18)(H,15,16). The summed E-state index contributed by atoms with van der Waals surface area (Å²) in [6, 6.07) is 1.09. The van der Waals surface area contributed by atoms with Crippen molar-refractivity contribution in [3.63, 3.8) is 0 Å². The SMILES string of the molecule is Cc1n[nH]c(C)c1NC(=O)c1cc([N+](=O)[O-])cnc1N.